The van der Waals surface area contributed by atoms with Crippen molar-refractivity contribution in [3.8, 4) is 0 Å². The van der Waals surface area contributed by atoms with Crippen molar-refractivity contribution in [3.63, 3.8) is 0 Å². The van der Waals surface area contributed by atoms with E-state index in [1.54, 1.807) is 30.5 Å². The summed E-state index contributed by atoms with van der Waals surface area (Å²) in [7, 11) is 1.52. The fourth-order valence-electron chi connectivity index (χ4n) is 2.34. The molecule has 1 heterocycles. The molecule has 0 saturated carbocycles. The molecule has 0 unspecified atom stereocenters. The van der Waals surface area contributed by atoms with Crippen LogP contribution in [0, 0.1) is 6.92 Å². The lowest BCUT2D eigenvalue weighted by molar-refractivity contribution is 0.0950. The van der Waals surface area contributed by atoms with Gasteiger partial charge in [0.2, 0.25) is 0 Å². The highest BCUT2D eigenvalue weighted by Gasteiger charge is 2.14. The monoisotopic (exact) mass is 320 g/mol. The molecular formula is C18H16N4O2. The van der Waals surface area contributed by atoms with E-state index in [0.717, 1.165) is 15.8 Å². The first-order valence-corrected chi connectivity index (χ1v) is 7.42. The van der Waals surface area contributed by atoms with E-state index in [9.17, 15) is 9.59 Å². The standard InChI is InChI=1S/C18H16N4O2/c1-12-7-9-13(10-8-12)11-19-20-17(23)16-14-5-3-4-6-15(14)18(24)22(2)21-16/h3-11H,1-2H3,(H,20,23)/b19-11+. The van der Waals surface area contributed by atoms with Gasteiger partial charge in [0.1, 0.15) is 0 Å². The van der Waals surface area contributed by atoms with Crippen molar-refractivity contribution in [2.75, 3.05) is 0 Å². The number of fused-ring (bicyclic) bond motifs is 1. The van der Waals surface area contributed by atoms with E-state index in [0.29, 0.717) is 10.8 Å². The molecule has 6 heteroatoms. The molecule has 120 valence electrons. The first-order valence-electron chi connectivity index (χ1n) is 7.42. The predicted octanol–water partition coefficient (Wildman–Crippen LogP) is 2.01. The van der Waals surface area contributed by atoms with Crippen LogP contribution in [0.25, 0.3) is 10.8 Å². The maximum Gasteiger partial charge on any atom is 0.292 e. The molecular weight excluding hydrogens is 304 g/mol. The van der Waals surface area contributed by atoms with E-state index in [1.165, 1.54) is 7.05 Å². The van der Waals surface area contributed by atoms with E-state index < -0.39 is 5.91 Å². The number of carbonyl (C=O) groups is 1. The highest BCUT2D eigenvalue weighted by molar-refractivity contribution is 6.04. The summed E-state index contributed by atoms with van der Waals surface area (Å²) in [5, 5.41) is 8.96. The molecule has 0 bridgehead atoms. The van der Waals surface area contributed by atoms with Gasteiger partial charge in [-0.2, -0.15) is 10.2 Å². The molecule has 0 aliphatic rings. The number of aryl methyl sites for hydroxylation is 2. The minimum absolute atomic E-state index is 0.161. The zero-order chi connectivity index (χ0) is 17.1. The van der Waals surface area contributed by atoms with E-state index in [4.69, 9.17) is 0 Å². The predicted molar refractivity (Wildman–Crippen MR) is 93.2 cm³/mol. The largest absolute Gasteiger partial charge is 0.292 e. The molecule has 3 aromatic rings. The summed E-state index contributed by atoms with van der Waals surface area (Å²) in [6, 6.07) is 14.6. The van der Waals surface area contributed by atoms with Gasteiger partial charge in [0.05, 0.1) is 11.6 Å². The van der Waals surface area contributed by atoms with Crippen LogP contribution in [0.2, 0.25) is 0 Å². The lowest BCUT2D eigenvalue weighted by Crippen LogP contribution is -2.27. The Morgan fingerprint density at radius 2 is 1.79 bits per heavy atom. The van der Waals surface area contributed by atoms with E-state index in [-0.39, 0.29) is 11.3 Å². The van der Waals surface area contributed by atoms with Crippen molar-refractivity contribution in [3.05, 3.63) is 75.7 Å². The fourth-order valence-corrected chi connectivity index (χ4v) is 2.34. The summed E-state index contributed by atoms with van der Waals surface area (Å²) < 4.78 is 1.15. The van der Waals surface area contributed by atoms with Gasteiger partial charge in [0.25, 0.3) is 11.5 Å². The molecule has 0 spiro atoms. The van der Waals surface area contributed by atoms with Crippen LogP contribution in [0.3, 0.4) is 0 Å². The maximum atomic E-state index is 12.4. The number of nitrogens with one attached hydrogen (secondary N) is 1. The molecule has 2 aromatic carbocycles. The molecule has 0 saturated heterocycles. The second kappa shape index (κ2) is 6.45. The normalized spacial score (nSPS) is 11.1. The Hall–Kier alpha value is -3.28. The number of carbonyl (C=O) groups excluding carboxylic acids is 1. The van der Waals surface area contributed by atoms with Crippen LogP contribution in [0.5, 0.6) is 0 Å². The number of benzene rings is 2. The van der Waals surface area contributed by atoms with Crippen molar-refractivity contribution in [1.82, 2.24) is 15.2 Å². The van der Waals surface area contributed by atoms with Gasteiger partial charge in [-0.25, -0.2) is 10.1 Å². The van der Waals surface area contributed by atoms with E-state index in [1.807, 2.05) is 31.2 Å². The van der Waals surface area contributed by atoms with Gasteiger partial charge < -0.3 is 0 Å². The zero-order valence-corrected chi connectivity index (χ0v) is 13.4. The Kier molecular flexibility index (Phi) is 4.20. The molecule has 24 heavy (non-hydrogen) atoms. The highest BCUT2D eigenvalue weighted by atomic mass is 16.2. The number of hydrogen-bond acceptors (Lipinski definition) is 4. The van der Waals surface area contributed by atoms with E-state index >= 15 is 0 Å². The van der Waals surface area contributed by atoms with Gasteiger partial charge in [-0.05, 0) is 18.6 Å². The van der Waals surface area contributed by atoms with Crippen LogP contribution in [0.4, 0.5) is 0 Å². The van der Waals surface area contributed by atoms with Crippen LogP contribution in [0.1, 0.15) is 21.6 Å². The summed E-state index contributed by atoms with van der Waals surface area (Å²) >= 11 is 0. The van der Waals surface area contributed by atoms with Gasteiger partial charge in [0.15, 0.2) is 5.69 Å². The number of hydrazone groups is 1. The molecule has 1 amide bonds. The zero-order valence-electron chi connectivity index (χ0n) is 13.4. The van der Waals surface area contributed by atoms with Gasteiger partial charge >= 0.3 is 0 Å². The average molecular weight is 320 g/mol. The molecule has 0 atom stereocenters. The Labute approximate surface area is 138 Å². The van der Waals surface area contributed by atoms with Crippen LogP contribution < -0.4 is 11.0 Å². The van der Waals surface area contributed by atoms with Crippen molar-refractivity contribution >= 4 is 22.9 Å². The summed E-state index contributed by atoms with van der Waals surface area (Å²) in [6.45, 7) is 2.00. The van der Waals surface area contributed by atoms with Gasteiger partial charge in [-0.3, -0.25) is 9.59 Å². The second-order valence-electron chi connectivity index (χ2n) is 5.43. The topological polar surface area (TPSA) is 76.3 Å². The minimum atomic E-state index is -0.467. The molecule has 0 aliphatic heterocycles. The average Bonchev–Trinajstić information content (AvgIpc) is 2.60. The lowest BCUT2D eigenvalue weighted by atomic mass is 10.1. The van der Waals surface area contributed by atoms with Gasteiger partial charge in [-0.15, -0.1) is 0 Å². The summed E-state index contributed by atoms with van der Waals surface area (Å²) in [5.41, 5.74) is 4.39. The van der Waals surface area contributed by atoms with E-state index in [2.05, 4.69) is 15.6 Å². The third kappa shape index (κ3) is 3.08. The molecule has 0 radical (unpaired) electrons. The number of nitrogens with zero attached hydrogens (tertiary/aromatic N) is 3. The van der Waals surface area contributed by atoms with Crippen molar-refractivity contribution in [1.29, 1.82) is 0 Å². The van der Waals surface area contributed by atoms with Crippen molar-refractivity contribution in [2.45, 2.75) is 6.92 Å². The number of rotatable bonds is 3. The summed E-state index contributed by atoms with van der Waals surface area (Å²) in [6.07, 6.45) is 1.56. The van der Waals surface area contributed by atoms with Crippen molar-refractivity contribution < 1.29 is 4.79 Å². The Morgan fingerprint density at radius 1 is 1.12 bits per heavy atom. The van der Waals surface area contributed by atoms with Gasteiger partial charge in [-0.1, -0.05) is 48.0 Å². The first-order chi connectivity index (χ1) is 11.6. The summed E-state index contributed by atoms with van der Waals surface area (Å²) in [4.78, 5) is 24.4. The third-order valence-corrected chi connectivity index (χ3v) is 3.63. The van der Waals surface area contributed by atoms with Crippen LogP contribution in [-0.2, 0) is 7.05 Å². The quantitative estimate of drug-likeness (QED) is 0.592. The SMILES string of the molecule is Cc1ccc(/C=N/NC(=O)c2nn(C)c(=O)c3ccccc23)cc1. The number of amides is 1. The second-order valence-corrected chi connectivity index (χ2v) is 5.43. The highest BCUT2D eigenvalue weighted by Crippen LogP contribution is 2.12. The number of aromatic nitrogens is 2. The maximum absolute atomic E-state index is 12.4. The summed E-state index contributed by atoms with van der Waals surface area (Å²) in [5.74, 6) is -0.467. The van der Waals surface area contributed by atoms with Crippen LogP contribution in [0.15, 0.2) is 58.4 Å². The Bertz CT molecular complexity index is 988. The third-order valence-electron chi connectivity index (χ3n) is 3.63. The van der Waals surface area contributed by atoms with Gasteiger partial charge in [0, 0.05) is 12.4 Å². The molecule has 1 N–H and O–H groups in total. The number of hydrogen-bond donors (Lipinski definition) is 1. The fraction of sp³-hybridized carbons (Fsp3) is 0.111. The van der Waals surface area contributed by atoms with Crippen LogP contribution >= 0.6 is 0 Å². The molecule has 0 fully saturated rings. The Balaban J connectivity index is 1.88. The van der Waals surface area contributed by atoms with Crippen LogP contribution in [-0.4, -0.2) is 21.9 Å². The molecule has 0 aliphatic carbocycles. The molecule has 6 nitrogen and oxygen atoms in total. The molecule has 3 rings (SSSR count). The lowest BCUT2D eigenvalue weighted by Gasteiger charge is -2.06. The first kappa shape index (κ1) is 15.6. The smallest absolute Gasteiger partial charge is 0.267 e. The minimum Gasteiger partial charge on any atom is -0.267 e. The van der Waals surface area contributed by atoms with Crippen molar-refractivity contribution in [2.24, 2.45) is 12.1 Å². The molecule has 1 aromatic heterocycles. The Morgan fingerprint density at radius 3 is 2.50 bits per heavy atom.